The molecule has 3 amide bonds. The SMILES string of the molecule is CC(C)C[C@@H](NCC=Cc1ccc(-c2cc(C(N)=O)c(NC(N)=O)s2)cc1)C(=O)O. The predicted octanol–water partition coefficient (Wildman–Crippen LogP) is 3.11. The molecule has 0 spiro atoms. The summed E-state index contributed by atoms with van der Waals surface area (Å²) in [7, 11) is 0. The highest BCUT2D eigenvalue weighted by Crippen LogP contribution is 2.35. The first kappa shape index (κ1) is 23.1. The molecule has 0 saturated carbocycles. The number of carboxylic acid groups (broad SMARTS) is 1. The summed E-state index contributed by atoms with van der Waals surface area (Å²) >= 11 is 1.21. The average Bonchev–Trinajstić information content (AvgIpc) is 3.07. The molecule has 0 bridgehead atoms. The van der Waals surface area contributed by atoms with Gasteiger partial charge in [0.05, 0.1) is 5.56 Å². The van der Waals surface area contributed by atoms with Crippen molar-refractivity contribution >= 4 is 40.3 Å². The predicted molar refractivity (Wildman–Crippen MR) is 119 cm³/mol. The molecule has 2 rings (SSSR count). The van der Waals surface area contributed by atoms with E-state index in [-0.39, 0.29) is 5.56 Å². The van der Waals surface area contributed by atoms with Crippen molar-refractivity contribution in [1.82, 2.24) is 5.32 Å². The van der Waals surface area contributed by atoms with Crippen LogP contribution in [0, 0.1) is 5.92 Å². The minimum atomic E-state index is -0.849. The van der Waals surface area contributed by atoms with E-state index in [1.165, 1.54) is 11.3 Å². The Bertz CT molecular complexity index is 935. The number of hydrogen-bond donors (Lipinski definition) is 5. The van der Waals surface area contributed by atoms with Crippen molar-refractivity contribution in [3.05, 3.63) is 47.5 Å². The highest BCUT2D eigenvalue weighted by molar-refractivity contribution is 7.20. The van der Waals surface area contributed by atoms with Crippen LogP contribution < -0.4 is 22.1 Å². The normalized spacial score (nSPS) is 12.2. The zero-order valence-corrected chi connectivity index (χ0v) is 17.7. The molecule has 0 fully saturated rings. The number of thiophene rings is 1. The van der Waals surface area contributed by atoms with Gasteiger partial charge >= 0.3 is 12.0 Å². The summed E-state index contributed by atoms with van der Waals surface area (Å²) in [5, 5.41) is 15.0. The molecule has 0 unspecified atom stereocenters. The van der Waals surface area contributed by atoms with Crippen molar-refractivity contribution in [3.8, 4) is 10.4 Å². The number of rotatable bonds is 10. The van der Waals surface area contributed by atoms with E-state index in [2.05, 4.69) is 10.6 Å². The fourth-order valence-corrected chi connectivity index (χ4v) is 3.90. The molecule has 160 valence electrons. The quantitative estimate of drug-likeness (QED) is 0.393. The number of carbonyl (C=O) groups excluding carboxylic acids is 2. The van der Waals surface area contributed by atoms with E-state index < -0.39 is 23.9 Å². The Kier molecular flexibility index (Phi) is 8.14. The number of hydrogen-bond acceptors (Lipinski definition) is 5. The molecular weight excluding hydrogens is 404 g/mol. The van der Waals surface area contributed by atoms with E-state index in [9.17, 15) is 19.5 Å². The van der Waals surface area contributed by atoms with Gasteiger partial charge in [0.1, 0.15) is 11.0 Å². The second-order valence-corrected chi connectivity index (χ2v) is 8.21. The van der Waals surface area contributed by atoms with Crippen molar-refractivity contribution < 1.29 is 19.5 Å². The van der Waals surface area contributed by atoms with Crippen LogP contribution in [-0.4, -0.2) is 35.6 Å². The number of primary amides is 2. The molecule has 7 N–H and O–H groups in total. The van der Waals surface area contributed by atoms with Gasteiger partial charge in [0.25, 0.3) is 5.91 Å². The Labute approximate surface area is 179 Å². The van der Waals surface area contributed by atoms with E-state index in [0.29, 0.717) is 23.9 Å². The Hall–Kier alpha value is -3.17. The maximum atomic E-state index is 11.6. The van der Waals surface area contributed by atoms with Crippen LogP contribution in [-0.2, 0) is 4.79 Å². The van der Waals surface area contributed by atoms with Gasteiger partial charge in [0, 0.05) is 11.4 Å². The fraction of sp³-hybridized carbons (Fsp3) is 0.286. The average molecular weight is 431 g/mol. The number of urea groups is 1. The summed E-state index contributed by atoms with van der Waals surface area (Å²) in [6.07, 6.45) is 4.34. The lowest BCUT2D eigenvalue weighted by molar-refractivity contribution is -0.139. The van der Waals surface area contributed by atoms with E-state index in [0.717, 1.165) is 16.0 Å². The van der Waals surface area contributed by atoms with Crippen molar-refractivity contribution in [2.75, 3.05) is 11.9 Å². The minimum Gasteiger partial charge on any atom is -0.480 e. The van der Waals surface area contributed by atoms with Crippen molar-refractivity contribution in [3.63, 3.8) is 0 Å². The monoisotopic (exact) mass is 430 g/mol. The third-order valence-electron chi connectivity index (χ3n) is 4.23. The van der Waals surface area contributed by atoms with Crippen LogP contribution in [0.25, 0.3) is 16.5 Å². The number of nitrogens with one attached hydrogen (secondary N) is 2. The molecular formula is C21H26N4O4S. The van der Waals surface area contributed by atoms with Crippen LogP contribution in [0.4, 0.5) is 9.80 Å². The zero-order chi connectivity index (χ0) is 22.3. The summed E-state index contributed by atoms with van der Waals surface area (Å²) in [5.74, 6) is -1.20. The third kappa shape index (κ3) is 6.71. The topological polar surface area (TPSA) is 148 Å². The van der Waals surface area contributed by atoms with Crippen LogP contribution >= 0.6 is 11.3 Å². The number of nitrogens with two attached hydrogens (primary N) is 2. The summed E-state index contributed by atoms with van der Waals surface area (Å²) < 4.78 is 0. The van der Waals surface area contributed by atoms with Gasteiger partial charge in [-0.15, -0.1) is 11.3 Å². The smallest absolute Gasteiger partial charge is 0.320 e. The summed E-state index contributed by atoms with van der Waals surface area (Å²) in [6, 6.07) is 7.86. The van der Waals surface area contributed by atoms with Gasteiger partial charge in [-0.2, -0.15) is 0 Å². The lowest BCUT2D eigenvalue weighted by Crippen LogP contribution is -2.37. The van der Waals surface area contributed by atoms with Gasteiger partial charge in [-0.1, -0.05) is 50.3 Å². The van der Waals surface area contributed by atoms with Crippen LogP contribution in [0.5, 0.6) is 0 Å². The standard InChI is InChI=1S/C21H26N4O4S/c1-12(2)10-16(20(27)28)24-9-3-4-13-5-7-14(8-6-13)17-11-15(18(22)26)19(30-17)25-21(23)29/h3-8,11-12,16,24H,9-10H2,1-2H3,(H2,22,26)(H,27,28)(H3,23,25,29)/t16-/m1/s1. The van der Waals surface area contributed by atoms with Gasteiger partial charge in [-0.05, 0) is 29.5 Å². The van der Waals surface area contributed by atoms with Gasteiger partial charge in [-0.25, -0.2) is 4.79 Å². The molecule has 2 aromatic rings. The Morgan fingerprint density at radius 2 is 1.83 bits per heavy atom. The number of benzene rings is 1. The largest absolute Gasteiger partial charge is 0.480 e. The third-order valence-corrected chi connectivity index (χ3v) is 5.33. The van der Waals surface area contributed by atoms with Gasteiger partial charge in [0.15, 0.2) is 0 Å². The molecule has 0 aliphatic carbocycles. The lowest BCUT2D eigenvalue weighted by Gasteiger charge is -2.15. The van der Waals surface area contributed by atoms with Crippen LogP contribution in [0.2, 0.25) is 0 Å². The Morgan fingerprint density at radius 3 is 2.37 bits per heavy atom. The van der Waals surface area contributed by atoms with Crippen molar-refractivity contribution in [2.45, 2.75) is 26.3 Å². The second-order valence-electron chi connectivity index (χ2n) is 7.16. The van der Waals surface area contributed by atoms with Gasteiger partial charge in [-0.3, -0.25) is 14.9 Å². The van der Waals surface area contributed by atoms with Crippen molar-refractivity contribution in [1.29, 1.82) is 0 Å². The van der Waals surface area contributed by atoms with E-state index in [1.54, 1.807) is 6.07 Å². The molecule has 1 aromatic heterocycles. The van der Waals surface area contributed by atoms with E-state index in [1.807, 2.05) is 50.3 Å². The lowest BCUT2D eigenvalue weighted by atomic mass is 10.0. The van der Waals surface area contributed by atoms with Crippen LogP contribution in [0.15, 0.2) is 36.4 Å². The molecule has 1 atom stereocenters. The molecule has 1 aromatic carbocycles. The highest BCUT2D eigenvalue weighted by Gasteiger charge is 2.17. The maximum Gasteiger partial charge on any atom is 0.320 e. The molecule has 8 nitrogen and oxygen atoms in total. The van der Waals surface area contributed by atoms with Gasteiger partial charge in [0.2, 0.25) is 0 Å². The second kappa shape index (κ2) is 10.6. The maximum absolute atomic E-state index is 11.6. The molecule has 0 saturated heterocycles. The molecule has 1 heterocycles. The Balaban J connectivity index is 2.04. The first-order valence-corrected chi connectivity index (χ1v) is 10.2. The number of carboxylic acids is 1. The number of amides is 3. The minimum absolute atomic E-state index is 0.207. The van der Waals surface area contributed by atoms with Gasteiger partial charge < -0.3 is 21.9 Å². The highest BCUT2D eigenvalue weighted by atomic mass is 32.1. The van der Waals surface area contributed by atoms with E-state index in [4.69, 9.17) is 11.5 Å². The number of aliphatic carboxylic acids is 1. The number of anilines is 1. The first-order chi connectivity index (χ1) is 14.2. The molecule has 30 heavy (non-hydrogen) atoms. The molecule has 0 aliphatic heterocycles. The number of carbonyl (C=O) groups is 3. The fourth-order valence-electron chi connectivity index (χ4n) is 2.83. The zero-order valence-electron chi connectivity index (χ0n) is 16.8. The van der Waals surface area contributed by atoms with Crippen molar-refractivity contribution in [2.24, 2.45) is 17.4 Å². The molecule has 0 radical (unpaired) electrons. The van der Waals surface area contributed by atoms with Crippen LogP contribution in [0.3, 0.4) is 0 Å². The van der Waals surface area contributed by atoms with E-state index >= 15 is 0 Å². The molecule has 0 aliphatic rings. The summed E-state index contributed by atoms with van der Waals surface area (Å²) in [6.45, 7) is 4.42. The molecule has 9 heteroatoms. The summed E-state index contributed by atoms with van der Waals surface area (Å²) in [5.41, 5.74) is 12.5. The summed E-state index contributed by atoms with van der Waals surface area (Å²) in [4.78, 5) is 34.7. The van der Waals surface area contributed by atoms with Crippen LogP contribution in [0.1, 0.15) is 36.2 Å². The first-order valence-electron chi connectivity index (χ1n) is 9.40. The Morgan fingerprint density at radius 1 is 1.17 bits per heavy atom.